The molecule has 1 aliphatic rings. The van der Waals surface area contributed by atoms with Gasteiger partial charge in [0.2, 0.25) is 0 Å². The van der Waals surface area contributed by atoms with E-state index in [-0.39, 0.29) is 18.0 Å². The molecule has 0 aromatic heterocycles. The minimum Gasteiger partial charge on any atom is -0.481 e. The highest BCUT2D eigenvalue weighted by atomic mass is 16.5. The Morgan fingerprint density at radius 2 is 1.94 bits per heavy atom. The Bertz CT molecular complexity index is 272. The van der Waals surface area contributed by atoms with E-state index in [9.17, 15) is 9.59 Å². The summed E-state index contributed by atoms with van der Waals surface area (Å²) in [6.45, 7) is 5.45. The van der Waals surface area contributed by atoms with Crippen LogP contribution in [0.3, 0.4) is 0 Å². The highest BCUT2D eigenvalue weighted by molar-refractivity contribution is 5.81. The fraction of sp³-hybridized carbons (Fsp3) is 0.833. The summed E-state index contributed by atoms with van der Waals surface area (Å²) in [7, 11) is 0. The van der Waals surface area contributed by atoms with Gasteiger partial charge >= 0.3 is 11.9 Å². The second-order valence-corrected chi connectivity index (χ2v) is 4.86. The van der Waals surface area contributed by atoms with Crippen molar-refractivity contribution in [3.8, 4) is 0 Å². The zero-order chi connectivity index (χ0) is 12.3. The van der Waals surface area contributed by atoms with E-state index in [0.29, 0.717) is 6.42 Å². The van der Waals surface area contributed by atoms with E-state index < -0.39 is 17.8 Å². The van der Waals surface area contributed by atoms with Gasteiger partial charge in [0.1, 0.15) is 0 Å². The smallest absolute Gasteiger partial charge is 0.310 e. The highest BCUT2D eigenvalue weighted by Gasteiger charge is 2.41. The maximum Gasteiger partial charge on any atom is 0.310 e. The van der Waals surface area contributed by atoms with Gasteiger partial charge in [0.05, 0.1) is 17.9 Å². The normalized spacial score (nSPS) is 30.1. The van der Waals surface area contributed by atoms with Gasteiger partial charge in [-0.2, -0.15) is 0 Å². The minimum absolute atomic E-state index is 0.0518. The molecule has 1 N–H and O–H groups in total. The molecule has 0 aromatic rings. The third kappa shape index (κ3) is 2.97. The lowest BCUT2D eigenvalue weighted by molar-refractivity contribution is -0.164. The van der Waals surface area contributed by atoms with Crippen molar-refractivity contribution in [2.75, 3.05) is 0 Å². The first kappa shape index (κ1) is 13.0. The first-order valence-corrected chi connectivity index (χ1v) is 5.86. The van der Waals surface area contributed by atoms with Crippen LogP contribution in [0.5, 0.6) is 0 Å². The molecular formula is C12H20O4. The molecule has 16 heavy (non-hydrogen) atoms. The number of carboxylic acids is 1. The summed E-state index contributed by atoms with van der Waals surface area (Å²) in [6, 6.07) is 0. The minimum atomic E-state index is -0.877. The van der Waals surface area contributed by atoms with E-state index in [1.807, 2.05) is 6.92 Å². The van der Waals surface area contributed by atoms with Crippen LogP contribution in [-0.4, -0.2) is 23.1 Å². The van der Waals surface area contributed by atoms with Crippen molar-refractivity contribution < 1.29 is 19.4 Å². The zero-order valence-electron chi connectivity index (χ0n) is 10.1. The number of carbonyl (C=O) groups is 2. The number of rotatable bonds is 3. The monoisotopic (exact) mass is 228 g/mol. The predicted molar refractivity (Wildman–Crippen MR) is 58.9 cm³/mol. The summed E-state index contributed by atoms with van der Waals surface area (Å²) in [5.41, 5.74) is 0. The Morgan fingerprint density at radius 3 is 2.44 bits per heavy atom. The third-order valence-electron chi connectivity index (χ3n) is 3.16. The van der Waals surface area contributed by atoms with Crippen LogP contribution in [0.15, 0.2) is 0 Å². The first-order valence-electron chi connectivity index (χ1n) is 5.86. The lowest BCUT2D eigenvalue weighted by Gasteiger charge is -2.32. The molecule has 4 nitrogen and oxygen atoms in total. The fourth-order valence-corrected chi connectivity index (χ4v) is 2.42. The van der Waals surface area contributed by atoms with E-state index in [4.69, 9.17) is 9.84 Å². The summed E-state index contributed by atoms with van der Waals surface area (Å²) < 4.78 is 5.12. The molecule has 92 valence electrons. The molecule has 0 radical (unpaired) electrons. The van der Waals surface area contributed by atoms with Gasteiger partial charge in [-0.25, -0.2) is 0 Å². The van der Waals surface area contributed by atoms with Crippen molar-refractivity contribution in [3.05, 3.63) is 0 Å². The van der Waals surface area contributed by atoms with Gasteiger partial charge in [-0.05, 0) is 32.6 Å². The molecule has 1 rings (SSSR count). The predicted octanol–water partition coefficient (Wildman–Crippen LogP) is 2.07. The topological polar surface area (TPSA) is 63.6 Å². The SMILES string of the molecule is CC(C)OC(=O)C1CCCC(C)C1C(=O)O. The Kier molecular flexibility index (Phi) is 4.33. The van der Waals surface area contributed by atoms with Gasteiger partial charge in [-0.3, -0.25) is 9.59 Å². The van der Waals surface area contributed by atoms with Crippen molar-refractivity contribution in [3.63, 3.8) is 0 Å². The van der Waals surface area contributed by atoms with Crippen LogP contribution in [0.1, 0.15) is 40.0 Å². The number of hydrogen-bond acceptors (Lipinski definition) is 3. The number of carbonyl (C=O) groups excluding carboxylic acids is 1. The van der Waals surface area contributed by atoms with Crippen LogP contribution in [0, 0.1) is 17.8 Å². The standard InChI is InChI=1S/C12H20O4/c1-7(2)16-12(15)9-6-4-5-8(3)10(9)11(13)14/h7-10H,4-6H2,1-3H3,(H,13,14). The van der Waals surface area contributed by atoms with E-state index >= 15 is 0 Å². The quantitative estimate of drug-likeness (QED) is 0.751. The number of esters is 1. The Balaban J connectivity index is 2.75. The molecule has 4 heteroatoms. The van der Waals surface area contributed by atoms with Crippen LogP contribution in [0.2, 0.25) is 0 Å². The van der Waals surface area contributed by atoms with Crippen molar-refractivity contribution in [2.24, 2.45) is 17.8 Å². The molecule has 3 unspecified atom stereocenters. The van der Waals surface area contributed by atoms with Crippen LogP contribution in [0.25, 0.3) is 0 Å². The van der Waals surface area contributed by atoms with Crippen molar-refractivity contribution in [1.82, 2.24) is 0 Å². The van der Waals surface area contributed by atoms with Crippen molar-refractivity contribution in [1.29, 1.82) is 0 Å². The third-order valence-corrected chi connectivity index (χ3v) is 3.16. The average Bonchev–Trinajstić information content (AvgIpc) is 2.15. The molecule has 0 heterocycles. The second kappa shape index (κ2) is 5.32. The Labute approximate surface area is 96.0 Å². The zero-order valence-corrected chi connectivity index (χ0v) is 10.1. The van der Waals surface area contributed by atoms with Crippen LogP contribution >= 0.6 is 0 Å². The molecule has 3 atom stereocenters. The maximum absolute atomic E-state index is 11.8. The summed E-state index contributed by atoms with van der Waals surface area (Å²) in [4.78, 5) is 22.9. The van der Waals surface area contributed by atoms with E-state index in [1.165, 1.54) is 0 Å². The van der Waals surface area contributed by atoms with Gasteiger partial charge in [-0.1, -0.05) is 13.3 Å². The molecular weight excluding hydrogens is 208 g/mol. The van der Waals surface area contributed by atoms with Crippen molar-refractivity contribution in [2.45, 2.75) is 46.1 Å². The second-order valence-electron chi connectivity index (χ2n) is 4.86. The molecule has 0 aromatic carbocycles. The lowest BCUT2D eigenvalue weighted by Crippen LogP contribution is -2.39. The lowest BCUT2D eigenvalue weighted by atomic mass is 9.73. The highest BCUT2D eigenvalue weighted by Crippen LogP contribution is 2.35. The van der Waals surface area contributed by atoms with Gasteiger partial charge in [0.25, 0.3) is 0 Å². The van der Waals surface area contributed by atoms with Gasteiger partial charge in [0.15, 0.2) is 0 Å². The molecule has 1 aliphatic carbocycles. The molecule has 0 amide bonds. The van der Waals surface area contributed by atoms with Crippen LogP contribution in [-0.2, 0) is 14.3 Å². The molecule has 0 saturated heterocycles. The summed E-state index contributed by atoms with van der Waals surface area (Å²) in [6.07, 6.45) is 2.23. The number of carboxylic acid groups (broad SMARTS) is 1. The van der Waals surface area contributed by atoms with Crippen LogP contribution < -0.4 is 0 Å². The fourth-order valence-electron chi connectivity index (χ4n) is 2.42. The van der Waals surface area contributed by atoms with Gasteiger partial charge < -0.3 is 9.84 Å². The van der Waals surface area contributed by atoms with Crippen LogP contribution in [0.4, 0.5) is 0 Å². The Hall–Kier alpha value is -1.06. The molecule has 0 spiro atoms. The summed E-state index contributed by atoms with van der Waals surface area (Å²) >= 11 is 0. The number of aliphatic carboxylic acids is 1. The maximum atomic E-state index is 11.8. The summed E-state index contributed by atoms with van der Waals surface area (Å²) in [5, 5.41) is 9.15. The van der Waals surface area contributed by atoms with E-state index in [2.05, 4.69) is 0 Å². The van der Waals surface area contributed by atoms with E-state index in [0.717, 1.165) is 12.8 Å². The number of hydrogen-bond donors (Lipinski definition) is 1. The molecule has 0 aliphatic heterocycles. The van der Waals surface area contributed by atoms with E-state index in [1.54, 1.807) is 13.8 Å². The molecule has 1 saturated carbocycles. The van der Waals surface area contributed by atoms with Gasteiger partial charge in [-0.15, -0.1) is 0 Å². The average molecular weight is 228 g/mol. The Morgan fingerprint density at radius 1 is 1.31 bits per heavy atom. The molecule has 0 bridgehead atoms. The molecule has 1 fully saturated rings. The van der Waals surface area contributed by atoms with Crippen molar-refractivity contribution >= 4 is 11.9 Å². The number of ether oxygens (including phenoxy) is 1. The first-order chi connectivity index (χ1) is 7.43. The largest absolute Gasteiger partial charge is 0.481 e. The summed E-state index contributed by atoms with van der Waals surface area (Å²) in [5.74, 6) is -2.23. The van der Waals surface area contributed by atoms with Gasteiger partial charge in [0, 0.05) is 0 Å².